The minimum atomic E-state index is 0.272. The van der Waals surface area contributed by atoms with Crippen LogP contribution in [0.25, 0.3) is 22.3 Å². The van der Waals surface area contributed by atoms with Crippen LogP contribution in [0.5, 0.6) is 0 Å². The fourth-order valence-electron chi connectivity index (χ4n) is 3.73. The number of aromatic nitrogens is 4. The SMILES string of the molecule is Nc1nccc(-c2c[nH]c3nccc(N4CCc5ccccc5C4)c23)n1. The minimum absolute atomic E-state index is 0.272. The van der Waals surface area contributed by atoms with Gasteiger partial charge in [-0.25, -0.2) is 15.0 Å². The number of anilines is 2. The summed E-state index contributed by atoms with van der Waals surface area (Å²) < 4.78 is 0. The van der Waals surface area contributed by atoms with Gasteiger partial charge in [-0.15, -0.1) is 0 Å². The molecule has 0 saturated heterocycles. The Morgan fingerprint density at radius 1 is 1.00 bits per heavy atom. The predicted molar refractivity (Wildman–Crippen MR) is 103 cm³/mol. The van der Waals surface area contributed by atoms with Crippen LogP contribution in [0.2, 0.25) is 0 Å². The molecule has 0 atom stereocenters. The van der Waals surface area contributed by atoms with Gasteiger partial charge in [-0.1, -0.05) is 24.3 Å². The monoisotopic (exact) mass is 342 g/mol. The summed E-state index contributed by atoms with van der Waals surface area (Å²) in [6.07, 6.45) is 6.53. The third kappa shape index (κ3) is 2.38. The second-order valence-corrected chi connectivity index (χ2v) is 6.50. The van der Waals surface area contributed by atoms with Gasteiger partial charge in [0, 0.05) is 37.2 Å². The van der Waals surface area contributed by atoms with Gasteiger partial charge in [-0.2, -0.15) is 0 Å². The molecule has 3 aromatic heterocycles. The van der Waals surface area contributed by atoms with Gasteiger partial charge < -0.3 is 15.6 Å². The van der Waals surface area contributed by atoms with Crippen LogP contribution < -0.4 is 10.6 Å². The molecule has 26 heavy (non-hydrogen) atoms. The van der Waals surface area contributed by atoms with Gasteiger partial charge in [0.1, 0.15) is 5.65 Å². The van der Waals surface area contributed by atoms with Crippen LogP contribution in [0.3, 0.4) is 0 Å². The van der Waals surface area contributed by atoms with Gasteiger partial charge >= 0.3 is 0 Å². The molecule has 6 nitrogen and oxygen atoms in total. The number of nitrogens with one attached hydrogen (secondary N) is 1. The number of nitrogen functional groups attached to an aromatic ring is 1. The average molecular weight is 342 g/mol. The molecule has 3 N–H and O–H groups in total. The normalized spacial score (nSPS) is 13.8. The molecule has 0 aliphatic carbocycles. The lowest BCUT2D eigenvalue weighted by Crippen LogP contribution is -2.30. The number of rotatable bonds is 2. The molecule has 6 heteroatoms. The highest BCUT2D eigenvalue weighted by atomic mass is 15.1. The fraction of sp³-hybridized carbons (Fsp3) is 0.150. The highest BCUT2D eigenvalue weighted by Crippen LogP contribution is 2.36. The van der Waals surface area contributed by atoms with E-state index in [0.29, 0.717) is 0 Å². The number of nitrogens with zero attached hydrogens (tertiary/aromatic N) is 4. The zero-order valence-corrected chi connectivity index (χ0v) is 14.2. The Morgan fingerprint density at radius 3 is 2.73 bits per heavy atom. The van der Waals surface area contributed by atoms with E-state index < -0.39 is 0 Å². The molecule has 5 rings (SSSR count). The number of hydrogen-bond donors (Lipinski definition) is 2. The second-order valence-electron chi connectivity index (χ2n) is 6.50. The first-order chi connectivity index (χ1) is 12.8. The summed E-state index contributed by atoms with van der Waals surface area (Å²) in [6, 6.07) is 12.6. The number of pyridine rings is 1. The maximum atomic E-state index is 5.78. The largest absolute Gasteiger partial charge is 0.368 e. The lowest BCUT2D eigenvalue weighted by Gasteiger charge is -2.31. The lowest BCUT2D eigenvalue weighted by molar-refractivity contribution is 0.734. The molecule has 1 aromatic carbocycles. The molecular weight excluding hydrogens is 324 g/mol. The van der Waals surface area contributed by atoms with Crippen LogP contribution >= 0.6 is 0 Å². The van der Waals surface area contributed by atoms with E-state index in [-0.39, 0.29) is 5.95 Å². The van der Waals surface area contributed by atoms with Crippen molar-refractivity contribution in [3.63, 3.8) is 0 Å². The van der Waals surface area contributed by atoms with Crippen molar-refractivity contribution in [2.75, 3.05) is 17.2 Å². The molecular formula is C20H18N6. The standard InChI is InChI=1S/C20H18N6/c21-20-23-8-5-16(25-20)15-11-24-19-18(15)17(6-9-22-19)26-10-7-13-3-1-2-4-14(13)12-26/h1-6,8-9,11H,7,10,12H2,(H,22,24)(H2,21,23,25). The van der Waals surface area contributed by atoms with Crippen LogP contribution in [0.4, 0.5) is 11.6 Å². The Kier molecular flexibility index (Phi) is 3.35. The quantitative estimate of drug-likeness (QED) is 0.584. The number of aromatic amines is 1. The van der Waals surface area contributed by atoms with E-state index in [0.717, 1.165) is 47.5 Å². The van der Waals surface area contributed by atoms with Crippen LogP contribution in [0, 0.1) is 0 Å². The van der Waals surface area contributed by atoms with E-state index in [2.05, 4.69) is 55.2 Å². The maximum Gasteiger partial charge on any atom is 0.220 e. The zero-order valence-electron chi connectivity index (χ0n) is 14.2. The summed E-state index contributed by atoms with van der Waals surface area (Å²) in [6.45, 7) is 1.87. The van der Waals surface area contributed by atoms with Gasteiger partial charge in [0.05, 0.1) is 16.8 Å². The van der Waals surface area contributed by atoms with E-state index in [4.69, 9.17) is 5.73 Å². The van der Waals surface area contributed by atoms with Crippen LogP contribution in [-0.4, -0.2) is 26.5 Å². The highest BCUT2D eigenvalue weighted by Gasteiger charge is 2.21. The summed E-state index contributed by atoms with van der Waals surface area (Å²) in [5.74, 6) is 0.272. The highest BCUT2D eigenvalue weighted by molar-refractivity contribution is 6.02. The van der Waals surface area contributed by atoms with Gasteiger partial charge in [-0.05, 0) is 29.7 Å². The van der Waals surface area contributed by atoms with E-state index in [1.54, 1.807) is 6.20 Å². The Morgan fingerprint density at radius 2 is 1.85 bits per heavy atom. The number of nitrogens with two attached hydrogens (primary N) is 1. The number of H-pyrrole nitrogens is 1. The third-order valence-corrected chi connectivity index (χ3v) is 4.97. The molecule has 0 radical (unpaired) electrons. The minimum Gasteiger partial charge on any atom is -0.368 e. The van der Waals surface area contributed by atoms with Gasteiger partial charge in [0.15, 0.2) is 0 Å². The maximum absolute atomic E-state index is 5.78. The summed E-state index contributed by atoms with van der Waals surface area (Å²) in [5, 5.41) is 1.07. The summed E-state index contributed by atoms with van der Waals surface area (Å²) in [7, 11) is 0. The predicted octanol–water partition coefficient (Wildman–Crippen LogP) is 3.16. The van der Waals surface area contributed by atoms with Crippen molar-refractivity contribution in [2.24, 2.45) is 0 Å². The summed E-state index contributed by atoms with van der Waals surface area (Å²) in [4.78, 5) is 18.6. The fourth-order valence-corrected chi connectivity index (χ4v) is 3.73. The van der Waals surface area contributed by atoms with Gasteiger partial charge in [0.2, 0.25) is 5.95 Å². The van der Waals surface area contributed by atoms with E-state index in [9.17, 15) is 0 Å². The smallest absolute Gasteiger partial charge is 0.220 e. The van der Waals surface area contributed by atoms with Crippen molar-refractivity contribution in [2.45, 2.75) is 13.0 Å². The molecule has 4 aromatic rings. The Bertz CT molecular complexity index is 1100. The van der Waals surface area contributed by atoms with Crippen LogP contribution in [0.1, 0.15) is 11.1 Å². The number of benzene rings is 1. The average Bonchev–Trinajstić information content (AvgIpc) is 3.12. The molecule has 4 heterocycles. The van der Waals surface area contributed by atoms with E-state index >= 15 is 0 Å². The first kappa shape index (κ1) is 14.9. The molecule has 1 aliphatic heterocycles. The zero-order chi connectivity index (χ0) is 17.5. The molecule has 0 fully saturated rings. The first-order valence-corrected chi connectivity index (χ1v) is 8.66. The molecule has 0 saturated carbocycles. The molecule has 0 bridgehead atoms. The topological polar surface area (TPSA) is 83.7 Å². The molecule has 1 aliphatic rings. The molecule has 128 valence electrons. The first-order valence-electron chi connectivity index (χ1n) is 8.66. The van der Waals surface area contributed by atoms with Crippen LogP contribution in [-0.2, 0) is 13.0 Å². The number of hydrogen-bond acceptors (Lipinski definition) is 5. The van der Waals surface area contributed by atoms with Crippen molar-refractivity contribution in [1.29, 1.82) is 0 Å². The van der Waals surface area contributed by atoms with E-state index in [1.807, 2.05) is 18.5 Å². The van der Waals surface area contributed by atoms with Crippen molar-refractivity contribution in [3.8, 4) is 11.3 Å². The molecule has 0 spiro atoms. The van der Waals surface area contributed by atoms with Gasteiger partial charge in [0.25, 0.3) is 0 Å². The van der Waals surface area contributed by atoms with Crippen molar-refractivity contribution in [3.05, 3.63) is 66.1 Å². The second kappa shape index (κ2) is 5.84. The summed E-state index contributed by atoms with van der Waals surface area (Å²) in [5.41, 5.74) is 12.4. The molecule has 0 unspecified atom stereocenters. The van der Waals surface area contributed by atoms with Crippen molar-refractivity contribution >= 4 is 22.7 Å². The summed E-state index contributed by atoms with van der Waals surface area (Å²) >= 11 is 0. The van der Waals surface area contributed by atoms with Crippen molar-refractivity contribution < 1.29 is 0 Å². The van der Waals surface area contributed by atoms with Crippen LogP contribution in [0.15, 0.2) is 55.0 Å². The lowest BCUT2D eigenvalue weighted by atomic mass is 9.99. The number of fused-ring (bicyclic) bond motifs is 2. The molecule has 0 amide bonds. The van der Waals surface area contributed by atoms with Crippen molar-refractivity contribution in [1.82, 2.24) is 19.9 Å². The van der Waals surface area contributed by atoms with Gasteiger partial charge in [-0.3, -0.25) is 0 Å². The Hall–Kier alpha value is -3.41. The van der Waals surface area contributed by atoms with E-state index in [1.165, 1.54) is 11.1 Å². The Labute approximate surface area is 150 Å². The Balaban J connectivity index is 1.64. The third-order valence-electron chi connectivity index (χ3n) is 4.97.